The average molecular weight is 257 g/mol. The molecule has 0 atom stereocenters. The summed E-state index contributed by atoms with van der Waals surface area (Å²) in [5.41, 5.74) is 1.06. The molecule has 2 rings (SSSR count). The Labute approximate surface area is 104 Å². The molecule has 1 aliphatic rings. The highest BCUT2D eigenvalue weighted by Crippen LogP contribution is 2.32. The van der Waals surface area contributed by atoms with Crippen LogP contribution in [-0.4, -0.2) is 54.1 Å². The zero-order valence-corrected chi connectivity index (χ0v) is 11.3. The van der Waals surface area contributed by atoms with Gasteiger partial charge in [0, 0.05) is 32.9 Å². The lowest BCUT2D eigenvalue weighted by atomic mass is 10.4. The van der Waals surface area contributed by atoms with Crippen LogP contribution in [0.3, 0.4) is 0 Å². The predicted molar refractivity (Wildman–Crippen MR) is 67.2 cm³/mol. The molecular formula is C10H15N3OS2. The van der Waals surface area contributed by atoms with Crippen LogP contribution in [0.1, 0.15) is 15.5 Å². The van der Waals surface area contributed by atoms with Gasteiger partial charge >= 0.3 is 0 Å². The summed E-state index contributed by atoms with van der Waals surface area (Å²) in [7, 11) is 5.60. The van der Waals surface area contributed by atoms with Gasteiger partial charge in [-0.1, -0.05) is 0 Å². The van der Waals surface area contributed by atoms with Crippen molar-refractivity contribution in [1.29, 1.82) is 0 Å². The van der Waals surface area contributed by atoms with E-state index in [2.05, 4.69) is 16.9 Å². The highest BCUT2D eigenvalue weighted by molar-refractivity contribution is 8.01. The molecule has 0 bridgehead atoms. The van der Waals surface area contributed by atoms with Crippen LogP contribution in [0.15, 0.2) is 4.21 Å². The zero-order valence-electron chi connectivity index (χ0n) is 9.69. The van der Waals surface area contributed by atoms with E-state index in [4.69, 9.17) is 0 Å². The number of carbonyl (C=O) groups excluding carboxylic acids is 1. The third kappa shape index (κ3) is 2.39. The number of amides is 1. The van der Waals surface area contributed by atoms with Gasteiger partial charge in [0.2, 0.25) is 0 Å². The van der Waals surface area contributed by atoms with Gasteiger partial charge in [0.1, 0.15) is 0 Å². The van der Waals surface area contributed by atoms with Crippen molar-refractivity contribution in [3.8, 4) is 0 Å². The second kappa shape index (κ2) is 4.73. The standard InChI is InChI=1S/C10H15N3OS2/c1-12(2)9(14)8-11-7-6-13(3)4-5-15-10(7)16-8/h4-6H2,1-3H3. The lowest BCUT2D eigenvalue weighted by Crippen LogP contribution is -2.22. The van der Waals surface area contributed by atoms with E-state index in [0.717, 1.165) is 24.5 Å². The summed E-state index contributed by atoms with van der Waals surface area (Å²) >= 11 is 3.33. The van der Waals surface area contributed by atoms with Crippen molar-refractivity contribution in [2.45, 2.75) is 10.8 Å². The molecule has 1 aromatic rings. The summed E-state index contributed by atoms with van der Waals surface area (Å²) in [5, 5.41) is 0.609. The maximum absolute atomic E-state index is 11.8. The minimum atomic E-state index is 0.00123. The summed E-state index contributed by atoms with van der Waals surface area (Å²) in [6.07, 6.45) is 0. The van der Waals surface area contributed by atoms with E-state index in [0.29, 0.717) is 5.01 Å². The van der Waals surface area contributed by atoms with Gasteiger partial charge < -0.3 is 4.90 Å². The summed E-state index contributed by atoms with van der Waals surface area (Å²) < 4.78 is 1.20. The van der Waals surface area contributed by atoms with Crippen molar-refractivity contribution in [3.63, 3.8) is 0 Å². The van der Waals surface area contributed by atoms with E-state index in [-0.39, 0.29) is 5.91 Å². The van der Waals surface area contributed by atoms with Gasteiger partial charge in [-0.05, 0) is 7.05 Å². The quantitative estimate of drug-likeness (QED) is 0.761. The Bertz CT molecular complexity index is 403. The Morgan fingerprint density at radius 1 is 1.50 bits per heavy atom. The lowest BCUT2D eigenvalue weighted by molar-refractivity contribution is 0.0827. The summed E-state index contributed by atoms with van der Waals surface area (Å²) in [4.78, 5) is 20.0. The smallest absolute Gasteiger partial charge is 0.282 e. The highest BCUT2D eigenvalue weighted by Gasteiger charge is 2.21. The molecule has 0 N–H and O–H groups in total. The fraction of sp³-hybridized carbons (Fsp3) is 0.600. The molecule has 88 valence electrons. The van der Waals surface area contributed by atoms with Crippen LogP contribution < -0.4 is 0 Å². The van der Waals surface area contributed by atoms with Crippen LogP contribution in [0.2, 0.25) is 0 Å². The molecule has 16 heavy (non-hydrogen) atoms. The van der Waals surface area contributed by atoms with E-state index >= 15 is 0 Å². The van der Waals surface area contributed by atoms with Crippen LogP contribution in [0.4, 0.5) is 0 Å². The molecule has 0 saturated heterocycles. The average Bonchev–Trinajstić information content (AvgIpc) is 2.52. The molecule has 0 fully saturated rings. The van der Waals surface area contributed by atoms with Gasteiger partial charge in [0.25, 0.3) is 5.91 Å². The van der Waals surface area contributed by atoms with Crippen LogP contribution in [0.5, 0.6) is 0 Å². The summed E-state index contributed by atoms with van der Waals surface area (Å²) in [6, 6.07) is 0. The lowest BCUT2D eigenvalue weighted by Gasteiger charge is -2.11. The monoisotopic (exact) mass is 257 g/mol. The second-order valence-electron chi connectivity index (χ2n) is 4.04. The van der Waals surface area contributed by atoms with E-state index in [9.17, 15) is 4.79 Å². The molecule has 1 aliphatic heterocycles. The Kier molecular flexibility index (Phi) is 3.51. The number of thiazole rings is 1. The molecule has 4 nitrogen and oxygen atoms in total. The number of nitrogens with zero attached hydrogens (tertiary/aromatic N) is 3. The van der Waals surface area contributed by atoms with Gasteiger partial charge in [0.05, 0.1) is 9.90 Å². The van der Waals surface area contributed by atoms with Crippen molar-refractivity contribution in [1.82, 2.24) is 14.8 Å². The molecule has 0 saturated carbocycles. The molecule has 1 aromatic heterocycles. The molecule has 0 aliphatic carbocycles. The Hall–Kier alpha value is -0.590. The van der Waals surface area contributed by atoms with Crippen molar-refractivity contribution in [3.05, 3.63) is 10.7 Å². The molecule has 1 amide bonds. The van der Waals surface area contributed by atoms with Gasteiger partial charge in [-0.15, -0.1) is 23.1 Å². The number of rotatable bonds is 1. The largest absolute Gasteiger partial charge is 0.343 e. The Morgan fingerprint density at radius 2 is 2.25 bits per heavy atom. The number of hydrogen-bond acceptors (Lipinski definition) is 5. The molecule has 0 aromatic carbocycles. The van der Waals surface area contributed by atoms with Crippen LogP contribution in [-0.2, 0) is 6.54 Å². The van der Waals surface area contributed by atoms with Gasteiger partial charge in [0.15, 0.2) is 5.01 Å². The van der Waals surface area contributed by atoms with E-state index in [1.165, 1.54) is 15.5 Å². The normalized spacial score (nSPS) is 16.7. The number of hydrogen-bond donors (Lipinski definition) is 0. The summed E-state index contributed by atoms with van der Waals surface area (Å²) in [5.74, 6) is 1.07. The van der Waals surface area contributed by atoms with Crippen molar-refractivity contribution < 1.29 is 4.79 Å². The zero-order chi connectivity index (χ0) is 11.7. The van der Waals surface area contributed by atoms with E-state index in [1.807, 2.05) is 0 Å². The summed E-state index contributed by atoms with van der Waals surface area (Å²) in [6.45, 7) is 1.92. The van der Waals surface area contributed by atoms with Gasteiger partial charge in [-0.3, -0.25) is 9.69 Å². The predicted octanol–water partition coefficient (Wildman–Crippen LogP) is 1.38. The van der Waals surface area contributed by atoms with E-state index in [1.54, 1.807) is 30.8 Å². The van der Waals surface area contributed by atoms with Crippen molar-refractivity contribution in [2.24, 2.45) is 0 Å². The van der Waals surface area contributed by atoms with Crippen molar-refractivity contribution >= 4 is 29.0 Å². The molecule has 0 unspecified atom stereocenters. The third-order valence-corrected chi connectivity index (χ3v) is 4.74. The highest BCUT2D eigenvalue weighted by atomic mass is 32.2. The molecule has 0 radical (unpaired) electrons. The minimum Gasteiger partial charge on any atom is -0.343 e. The molecular weight excluding hydrogens is 242 g/mol. The maximum Gasteiger partial charge on any atom is 0.282 e. The van der Waals surface area contributed by atoms with Crippen LogP contribution in [0, 0.1) is 0 Å². The first-order valence-corrected chi connectivity index (χ1v) is 6.91. The number of thioether (sulfide) groups is 1. The van der Waals surface area contributed by atoms with Crippen molar-refractivity contribution in [2.75, 3.05) is 33.4 Å². The number of aromatic nitrogens is 1. The first-order valence-electron chi connectivity index (χ1n) is 5.10. The number of carbonyl (C=O) groups is 1. The second-order valence-corrected chi connectivity index (χ2v) is 6.40. The number of fused-ring (bicyclic) bond motifs is 1. The molecule has 2 heterocycles. The SMILES string of the molecule is CN1CCSc2sc(C(=O)N(C)C)nc2C1. The maximum atomic E-state index is 11.8. The molecule has 6 heteroatoms. The van der Waals surface area contributed by atoms with Gasteiger partial charge in [-0.25, -0.2) is 4.98 Å². The first-order chi connectivity index (χ1) is 7.58. The van der Waals surface area contributed by atoms with Crippen LogP contribution >= 0.6 is 23.1 Å². The molecule has 0 spiro atoms. The fourth-order valence-corrected chi connectivity index (χ4v) is 3.88. The fourth-order valence-electron chi connectivity index (χ4n) is 1.46. The van der Waals surface area contributed by atoms with Gasteiger partial charge in [-0.2, -0.15) is 0 Å². The Morgan fingerprint density at radius 3 is 2.94 bits per heavy atom. The van der Waals surface area contributed by atoms with Crippen LogP contribution in [0.25, 0.3) is 0 Å². The Balaban J connectivity index is 2.26. The topological polar surface area (TPSA) is 36.4 Å². The van der Waals surface area contributed by atoms with E-state index < -0.39 is 0 Å². The first kappa shape index (κ1) is 11.9. The minimum absolute atomic E-state index is 0.00123. The third-order valence-electron chi connectivity index (χ3n) is 2.38.